The largest absolute Gasteiger partial charge is 0.507 e. The van der Waals surface area contributed by atoms with Crippen molar-refractivity contribution in [3.05, 3.63) is 30.0 Å². The van der Waals surface area contributed by atoms with E-state index >= 15 is 0 Å². The van der Waals surface area contributed by atoms with Gasteiger partial charge in [-0.15, -0.1) is 0 Å². The second kappa shape index (κ2) is 5.10. The topological polar surface area (TPSA) is 91.1 Å². The van der Waals surface area contributed by atoms with Gasteiger partial charge in [0.15, 0.2) is 0 Å². The maximum atomic E-state index is 11.8. The fourth-order valence-corrected chi connectivity index (χ4v) is 1.93. The zero-order valence-corrected chi connectivity index (χ0v) is 10.2. The van der Waals surface area contributed by atoms with Crippen LogP contribution in [0.15, 0.2) is 24.4 Å². The van der Waals surface area contributed by atoms with Gasteiger partial charge in [-0.2, -0.15) is 0 Å². The number of hydrogen-bond donors (Lipinski definition) is 4. The summed E-state index contributed by atoms with van der Waals surface area (Å²) in [6, 6.07) is 5.18. The molecule has 0 aliphatic heterocycles. The predicted octanol–water partition coefficient (Wildman–Crippen LogP) is 0.879. The number of phenolic OH excluding ortho intramolecular Hbond substituents is 1. The van der Waals surface area contributed by atoms with Crippen LogP contribution in [0, 0.1) is 0 Å². The minimum atomic E-state index is -0.0999. The summed E-state index contributed by atoms with van der Waals surface area (Å²) < 4.78 is 0. The first-order valence-corrected chi connectivity index (χ1v) is 5.89. The lowest BCUT2D eigenvalue weighted by atomic mass is 10.1. The molecule has 1 aromatic carbocycles. The highest BCUT2D eigenvalue weighted by atomic mass is 16.3. The molecule has 0 spiro atoms. The molecule has 0 aliphatic rings. The van der Waals surface area contributed by atoms with Crippen LogP contribution < -0.4 is 11.1 Å². The van der Waals surface area contributed by atoms with E-state index < -0.39 is 0 Å². The Morgan fingerprint density at radius 1 is 1.56 bits per heavy atom. The highest BCUT2D eigenvalue weighted by Crippen LogP contribution is 2.27. The molecule has 0 aliphatic carbocycles. The average molecular weight is 247 g/mol. The van der Waals surface area contributed by atoms with Crippen molar-refractivity contribution in [1.29, 1.82) is 0 Å². The zero-order valence-electron chi connectivity index (χ0n) is 10.2. The first kappa shape index (κ1) is 12.4. The van der Waals surface area contributed by atoms with Gasteiger partial charge in [-0.3, -0.25) is 4.79 Å². The van der Waals surface area contributed by atoms with Crippen LogP contribution in [0.3, 0.4) is 0 Å². The number of aromatic amines is 1. The molecule has 0 bridgehead atoms. The van der Waals surface area contributed by atoms with E-state index in [2.05, 4.69) is 10.3 Å². The Bertz CT molecular complexity index is 562. The first-order chi connectivity index (χ1) is 8.61. The molecule has 5 N–H and O–H groups in total. The van der Waals surface area contributed by atoms with Gasteiger partial charge in [0.25, 0.3) is 0 Å². The number of nitrogens with two attached hydrogens (primary N) is 1. The van der Waals surface area contributed by atoms with Crippen molar-refractivity contribution < 1.29 is 9.90 Å². The van der Waals surface area contributed by atoms with E-state index in [0.29, 0.717) is 11.9 Å². The summed E-state index contributed by atoms with van der Waals surface area (Å²) in [5.74, 6) is 0.0838. The summed E-state index contributed by atoms with van der Waals surface area (Å²) in [6.07, 6.45) is 1.97. The second-order valence-corrected chi connectivity index (χ2v) is 4.39. The molecule has 0 fully saturated rings. The van der Waals surface area contributed by atoms with Crippen LogP contribution in [0.2, 0.25) is 0 Å². The molecule has 0 saturated heterocycles. The monoisotopic (exact) mass is 247 g/mol. The van der Waals surface area contributed by atoms with Crippen LogP contribution >= 0.6 is 0 Å². The number of benzene rings is 1. The van der Waals surface area contributed by atoms with E-state index in [4.69, 9.17) is 5.73 Å². The van der Waals surface area contributed by atoms with Crippen molar-refractivity contribution >= 4 is 16.8 Å². The average Bonchev–Trinajstić information content (AvgIpc) is 2.73. The molecule has 18 heavy (non-hydrogen) atoms. The molecule has 96 valence electrons. The summed E-state index contributed by atoms with van der Waals surface area (Å²) in [5.41, 5.74) is 7.05. The van der Waals surface area contributed by atoms with Crippen molar-refractivity contribution in [2.45, 2.75) is 19.4 Å². The number of aromatic nitrogens is 1. The van der Waals surface area contributed by atoms with E-state index in [1.807, 2.05) is 13.0 Å². The highest BCUT2D eigenvalue weighted by molar-refractivity contribution is 5.92. The van der Waals surface area contributed by atoms with Gasteiger partial charge in [0.05, 0.1) is 6.42 Å². The fourth-order valence-electron chi connectivity index (χ4n) is 1.93. The Hall–Kier alpha value is -2.01. The lowest BCUT2D eigenvalue weighted by Crippen LogP contribution is -2.38. The number of carbonyl (C=O) groups is 1. The number of aromatic hydroxyl groups is 1. The first-order valence-electron chi connectivity index (χ1n) is 5.89. The van der Waals surface area contributed by atoms with Crippen LogP contribution in [-0.4, -0.2) is 28.6 Å². The number of carbonyl (C=O) groups excluding carboxylic acids is 1. The number of hydrogen-bond acceptors (Lipinski definition) is 3. The third-order valence-electron chi connectivity index (χ3n) is 2.88. The van der Waals surface area contributed by atoms with E-state index in [-0.39, 0.29) is 24.1 Å². The maximum absolute atomic E-state index is 11.8. The maximum Gasteiger partial charge on any atom is 0.224 e. The van der Waals surface area contributed by atoms with Crippen LogP contribution in [-0.2, 0) is 11.2 Å². The molecular formula is C13H17N3O2. The second-order valence-electron chi connectivity index (χ2n) is 4.39. The van der Waals surface area contributed by atoms with Crippen LogP contribution in [0.4, 0.5) is 0 Å². The van der Waals surface area contributed by atoms with Crippen molar-refractivity contribution in [3.63, 3.8) is 0 Å². The van der Waals surface area contributed by atoms with E-state index in [0.717, 1.165) is 11.1 Å². The standard InChI is InChI=1S/C13H17N3O2/c1-8(6-14)16-12(18)5-9-7-15-10-3-2-4-11(17)13(9)10/h2-4,7-8,15,17H,5-6,14H2,1H3,(H,16,18). The number of H-pyrrole nitrogens is 1. The zero-order chi connectivity index (χ0) is 13.1. The number of phenols is 1. The summed E-state index contributed by atoms with van der Waals surface area (Å²) in [5, 5.41) is 13.3. The van der Waals surface area contributed by atoms with Crippen molar-refractivity contribution in [2.24, 2.45) is 5.73 Å². The fraction of sp³-hybridized carbons (Fsp3) is 0.308. The van der Waals surface area contributed by atoms with Crippen molar-refractivity contribution in [1.82, 2.24) is 10.3 Å². The molecule has 0 saturated carbocycles. The summed E-state index contributed by atoms with van der Waals surface area (Å²) in [6.45, 7) is 2.26. The third kappa shape index (κ3) is 2.46. The SMILES string of the molecule is CC(CN)NC(=O)Cc1c[nH]c2cccc(O)c12. The molecule has 2 aromatic rings. The van der Waals surface area contributed by atoms with Crippen LogP contribution in [0.1, 0.15) is 12.5 Å². The summed E-state index contributed by atoms with van der Waals surface area (Å²) >= 11 is 0. The Labute approximate surface area is 105 Å². The Morgan fingerprint density at radius 2 is 2.33 bits per heavy atom. The lowest BCUT2D eigenvalue weighted by molar-refractivity contribution is -0.120. The van der Waals surface area contributed by atoms with E-state index in [9.17, 15) is 9.90 Å². The van der Waals surface area contributed by atoms with Gasteiger partial charge in [-0.25, -0.2) is 0 Å². The summed E-state index contributed by atoms with van der Waals surface area (Å²) in [4.78, 5) is 14.8. The molecule has 0 radical (unpaired) electrons. The van der Waals surface area contributed by atoms with Crippen LogP contribution in [0.25, 0.3) is 10.9 Å². The molecule has 1 atom stereocenters. The molecule has 1 amide bonds. The van der Waals surface area contributed by atoms with E-state index in [1.54, 1.807) is 18.3 Å². The molecule has 1 aromatic heterocycles. The smallest absolute Gasteiger partial charge is 0.224 e. The quantitative estimate of drug-likeness (QED) is 0.646. The lowest BCUT2D eigenvalue weighted by Gasteiger charge is -2.10. The van der Waals surface area contributed by atoms with Gasteiger partial charge in [0.2, 0.25) is 5.91 Å². The molecule has 1 heterocycles. The highest BCUT2D eigenvalue weighted by Gasteiger charge is 2.12. The number of nitrogens with one attached hydrogen (secondary N) is 2. The molecule has 1 unspecified atom stereocenters. The number of fused-ring (bicyclic) bond motifs is 1. The molecular weight excluding hydrogens is 230 g/mol. The van der Waals surface area contributed by atoms with E-state index in [1.165, 1.54) is 0 Å². The molecule has 2 rings (SSSR count). The van der Waals surface area contributed by atoms with Gasteiger partial charge in [-0.05, 0) is 24.6 Å². The van der Waals surface area contributed by atoms with Gasteiger partial charge < -0.3 is 21.1 Å². The predicted molar refractivity (Wildman–Crippen MR) is 70.3 cm³/mol. The Balaban J connectivity index is 2.19. The van der Waals surface area contributed by atoms with Crippen molar-refractivity contribution in [2.75, 3.05) is 6.54 Å². The molecule has 5 heteroatoms. The Morgan fingerprint density at radius 3 is 3.06 bits per heavy atom. The van der Waals surface area contributed by atoms with Crippen molar-refractivity contribution in [3.8, 4) is 5.75 Å². The number of rotatable bonds is 4. The number of amides is 1. The molecule has 5 nitrogen and oxygen atoms in total. The minimum absolute atomic E-state index is 0.0451. The van der Waals surface area contributed by atoms with Gasteiger partial charge in [-0.1, -0.05) is 6.07 Å². The minimum Gasteiger partial charge on any atom is -0.507 e. The Kier molecular flexibility index (Phi) is 3.53. The van der Waals surface area contributed by atoms with Gasteiger partial charge >= 0.3 is 0 Å². The summed E-state index contributed by atoms with van der Waals surface area (Å²) in [7, 11) is 0. The normalized spacial score (nSPS) is 12.6. The van der Waals surface area contributed by atoms with Gasteiger partial charge in [0.1, 0.15) is 5.75 Å². The van der Waals surface area contributed by atoms with Crippen LogP contribution in [0.5, 0.6) is 5.75 Å². The third-order valence-corrected chi connectivity index (χ3v) is 2.88. The van der Waals surface area contributed by atoms with Gasteiger partial charge in [0, 0.05) is 29.7 Å².